The molecule has 0 aromatic carbocycles. The summed E-state index contributed by atoms with van der Waals surface area (Å²) in [5.41, 5.74) is 0.299. The van der Waals surface area contributed by atoms with Gasteiger partial charge in [0.05, 0.1) is 18.4 Å². The number of nitrogens with zero attached hydrogens (tertiary/aromatic N) is 1. The highest BCUT2D eigenvalue weighted by Gasteiger charge is 2.22. The summed E-state index contributed by atoms with van der Waals surface area (Å²) in [7, 11) is 1.31. The van der Waals surface area contributed by atoms with Gasteiger partial charge < -0.3 is 19.2 Å². The average Bonchev–Trinajstić information content (AvgIpc) is 3.00. The number of hydrogen-bond donors (Lipinski definition) is 1. The fraction of sp³-hybridized carbons (Fsp3) is 0.375. The van der Waals surface area contributed by atoms with Gasteiger partial charge in [0.1, 0.15) is 11.6 Å². The molecule has 2 aromatic heterocycles. The van der Waals surface area contributed by atoms with Crippen LogP contribution in [0.15, 0.2) is 29.0 Å². The molecule has 1 N–H and O–H groups in total. The number of esters is 1. The van der Waals surface area contributed by atoms with E-state index in [0.29, 0.717) is 34.6 Å². The first-order chi connectivity index (χ1) is 11.3. The molecule has 130 valence electrons. The highest BCUT2D eigenvalue weighted by Crippen LogP contribution is 2.25. The number of furan rings is 1. The lowest BCUT2D eigenvalue weighted by Crippen LogP contribution is -2.44. The zero-order valence-corrected chi connectivity index (χ0v) is 15.1. The van der Waals surface area contributed by atoms with Crippen molar-refractivity contribution in [3.63, 3.8) is 0 Å². The van der Waals surface area contributed by atoms with Crippen LogP contribution in [0.5, 0.6) is 5.88 Å². The zero-order chi connectivity index (χ0) is 17.7. The molecule has 0 radical (unpaired) electrons. The molecule has 2 heterocycles. The number of methoxy groups -OCH3 is 1. The van der Waals surface area contributed by atoms with Crippen LogP contribution in [0.3, 0.4) is 0 Å². The van der Waals surface area contributed by atoms with E-state index < -0.39 is 11.5 Å². The molecule has 24 heavy (non-hydrogen) atoms. The smallest absolute Gasteiger partial charge is 0.374 e. The van der Waals surface area contributed by atoms with Crippen molar-refractivity contribution in [2.24, 2.45) is 0 Å². The fourth-order valence-electron chi connectivity index (χ4n) is 1.89. The minimum atomic E-state index is -0.511. The van der Waals surface area contributed by atoms with Gasteiger partial charge >= 0.3 is 5.97 Å². The average molecular weight is 373 g/mol. The van der Waals surface area contributed by atoms with E-state index in [1.54, 1.807) is 12.1 Å². The van der Waals surface area contributed by atoms with Crippen LogP contribution in [0, 0.1) is 0 Å². The van der Waals surface area contributed by atoms with Crippen molar-refractivity contribution < 1.29 is 18.7 Å². The summed E-state index contributed by atoms with van der Waals surface area (Å²) < 4.78 is 15.5. The van der Waals surface area contributed by atoms with E-state index in [-0.39, 0.29) is 5.76 Å². The van der Waals surface area contributed by atoms with E-state index in [1.165, 1.54) is 19.6 Å². The lowest BCUT2D eigenvalue weighted by atomic mass is 10.1. The monoisotopic (exact) mass is 372 g/mol. The molecule has 0 fully saturated rings. The molecule has 2 rings (SSSR count). The van der Waals surface area contributed by atoms with E-state index in [9.17, 15) is 4.79 Å². The summed E-state index contributed by atoms with van der Waals surface area (Å²) in [5.74, 6) is -0.0124. The number of nitrogens with one attached hydrogen (secondary N) is 1. The van der Waals surface area contributed by atoms with E-state index in [0.717, 1.165) is 0 Å². The standard InChI is InChI=1S/C16H18Cl2N2O4/c1-16(2,9-24-14-12(18)6-11(17)8-19-14)20-7-10-4-5-23-13(10)15(21)22-3/h4-6,8,20H,7,9H2,1-3H3. The molecule has 0 atom stereocenters. The van der Waals surface area contributed by atoms with Crippen LogP contribution in [0.2, 0.25) is 10.0 Å². The number of hydrogen-bond acceptors (Lipinski definition) is 6. The highest BCUT2D eigenvalue weighted by atomic mass is 35.5. The first kappa shape index (κ1) is 18.6. The van der Waals surface area contributed by atoms with Crippen LogP contribution in [0.25, 0.3) is 0 Å². The summed E-state index contributed by atoms with van der Waals surface area (Å²) in [6.45, 7) is 4.63. The summed E-state index contributed by atoms with van der Waals surface area (Å²) >= 11 is 11.8. The molecule has 0 aliphatic rings. The third kappa shape index (κ3) is 4.87. The topological polar surface area (TPSA) is 73.6 Å². The molecule has 0 spiro atoms. The van der Waals surface area contributed by atoms with Gasteiger partial charge in [-0.25, -0.2) is 9.78 Å². The molecular weight excluding hydrogens is 355 g/mol. The molecule has 0 aliphatic heterocycles. The van der Waals surface area contributed by atoms with Gasteiger partial charge in [-0.3, -0.25) is 0 Å². The number of aromatic nitrogens is 1. The summed E-state index contributed by atoms with van der Waals surface area (Å²) in [6, 6.07) is 3.29. The first-order valence-electron chi connectivity index (χ1n) is 7.16. The van der Waals surface area contributed by atoms with E-state index >= 15 is 0 Å². The van der Waals surface area contributed by atoms with Crippen molar-refractivity contribution in [2.75, 3.05) is 13.7 Å². The molecule has 0 aliphatic carbocycles. The van der Waals surface area contributed by atoms with Crippen molar-refractivity contribution >= 4 is 29.2 Å². The van der Waals surface area contributed by atoms with E-state index in [2.05, 4.69) is 15.0 Å². The first-order valence-corrected chi connectivity index (χ1v) is 7.91. The van der Waals surface area contributed by atoms with Gasteiger partial charge in [-0.05, 0) is 26.0 Å². The Morgan fingerprint density at radius 2 is 2.17 bits per heavy atom. The van der Waals surface area contributed by atoms with Gasteiger partial charge in [0.2, 0.25) is 11.6 Å². The Morgan fingerprint density at radius 1 is 1.42 bits per heavy atom. The van der Waals surface area contributed by atoms with Crippen LogP contribution >= 0.6 is 23.2 Å². The quantitative estimate of drug-likeness (QED) is 0.746. The number of rotatable bonds is 7. The maximum atomic E-state index is 11.6. The Morgan fingerprint density at radius 3 is 2.83 bits per heavy atom. The largest absolute Gasteiger partial charge is 0.475 e. The van der Waals surface area contributed by atoms with Crippen LogP contribution in [0.1, 0.15) is 30.0 Å². The summed E-state index contributed by atoms with van der Waals surface area (Å²) in [5, 5.41) is 4.08. The van der Waals surface area contributed by atoms with Crippen molar-refractivity contribution in [1.29, 1.82) is 0 Å². The van der Waals surface area contributed by atoms with Gasteiger partial charge in [0, 0.05) is 23.8 Å². The lowest BCUT2D eigenvalue weighted by Gasteiger charge is -2.26. The van der Waals surface area contributed by atoms with E-state index in [1.807, 2.05) is 13.8 Å². The van der Waals surface area contributed by atoms with Crippen molar-refractivity contribution in [1.82, 2.24) is 10.3 Å². The third-order valence-electron chi connectivity index (χ3n) is 3.22. The normalized spacial score (nSPS) is 11.4. The maximum Gasteiger partial charge on any atom is 0.374 e. The number of carbonyl (C=O) groups is 1. The zero-order valence-electron chi connectivity index (χ0n) is 13.6. The number of carbonyl (C=O) groups excluding carboxylic acids is 1. The van der Waals surface area contributed by atoms with Crippen LogP contribution in [-0.2, 0) is 11.3 Å². The predicted octanol–water partition coefficient (Wildman–Crippen LogP) is 3.72. The second kappa shape index (κ2) is 7.88. The summed E-state index contributed by atoms with van der Waals surface area (Å²) in [6.07, 6.45) is 2.92. The Balaban J connectivity index is 1.94. The Labute approximate surface area is 150 Å². The van der Waals surface area contributed by atoms with Crippen molar-refractivity contribution in [2.45, 2.75) is 25.9 Å². The van der Waals surface area contributed by atoms with Crippen LogP contribution < -0.4 is 10.1 Å². The molecular formula is C16H18Cl2N2O4. The molecule has 0 amide bonds. The molecule has 0 bridgehead atoms. The van der Waals surface area contributed by atoms with Gasteiger partial charge in [-0.2, -0.15) is 0 Å². The molecule has 2 aromatic rings. The van der Waals surface area contributed by atoms with Crippen LogP contribution in [-0.4, -0.2) is 30.2 Å². The second-order valence-electron chi connectivity index (χ2n) is 5.73. The molecule has 0 saturated carbocycles. The minimum absolute atomic E-state index is 0.184. The third-order valence-corrected chi connectivity index (χ3v) is 3.70. The maximum absolute atomic E-state index is 11.6. The SMILES string of the molecule is COC(=O)c1occc1CNC(C)(C)COc1ncc(Cl)cc1Cl. The minimum Gasteiger partial charge on any atom is -0.475 e. The van der Waals surface area contributed by atoms with Gasteiger partial charge in [0.15, 0.2) is 0 Å². The number of pyridine rings is 1. The molecule has 6 nitrogen and oxygen atoms in total. The van der Waals surface area contributed by atoms with Gasteiger partial charge in [0.25, 0.3) is 0 Å². The fourth-order valence-corrected chi connectivity index (χ4v) is 2.32. The highest BCUT2D eigenvalue weighted by molar-refractivity contribution is 6.35. The Hall–Kier alpha value is -1.76. The second-order valence-corrected chi connectivity index (χ2v) is 6.58. The van der Waals surface area contributed by atoms with Crippen molar-refractivity contribution in [3.8, 4) is 5.88 Å². The molecule has 8 heteroatoms. The van der Waals surface area contributed by atoms with Gasteiger partial charge in [-0.15, -0.1) is 0 Å². The van der Waals surface area contributed by atoms with Crippen LogP contribution in [0.4, 0.5) is 0 Å². The summed E-state index contributed by atoms with van der Waals surface area (Å²) in [4.78, 5) is 15.6. The lowest BCUT2D eigenvalue weighted by molar-refractivity contribution is 0.0562. The number of ether oxygens (including phenoxy) is 2. The van der Waals surface area contributed by atoms with E-state index in [4.69, 9.17) is 32.4 Å². The number of halogens is 2. The Kier molecular flexibility index (Phi) is 6.10. The molecule has 0 saturated heterocycles. The van der Waals surface area contributed by atoms with Crippen molar-refractivity contribution in [3.05, 3.63) is 46.0 Å². The van der Waals surface area contributed by atoms with Gasteiger partial charge in [-0.1, -0.05) is 23.2 Å². The predicted molar refractivity (Wildman–Crippen MR) is 90.7 cm³/mol. The Bertz CT molecular complexity index is 716. The molecule has 0 unspecified atom stereocenters.